The normalized spacial score (nSPS) is 18.0. The van der Waals surface area contributed by atoms with E-state index in [-0.39, 0.29) is 17.4 Å². The molecule has 1 aromatic carbocycles. The lowest BCUT2D eigenvalue weighted by molar-refractivity contribution is -0.136. The molecule has 1 amide bonds. The molecule has 4 nitrogen and oxygen atoms in total. The van der Waals surface area contributed by atoms with Gasteiger partial charge >= 0.3 is 5.97 Å². The average molecular weight is 287 g/mol. The van der Waals surface area contributed by atoms with Gasteiger partial charge in [0.2, 0.25) is 5.91 Å². The second kappa shape index (κ2) is 6.57. The van der Waals surface area contributed by atoms with Gasteiger partial charge in [0.1, 0.15) is 0 Å². The van der Waals surface area contributed by atoms with Crippen molar-refractivity contribution in [3.05, 3.63) is 48.0 Å². The fraction of sp³-hybridized carbons (Fsp3) is 0.412. The Kier molecular flexibility index (Phi) is 4.78. The molecule has 0 radical (unpaired) electrons. The van der Waals surface area contributed by atoms with Crippen molar-refractivity contribution in [2.75, 3.05) is 0 Å². The number of benzene rings is 1. The van der Waals surface area contributed by atoms with Gasteiger partial charge in [-0.05, 0) is 31.7 Å². The molecule has 1 fully saturated rings. The molecule has 0 aromatic heterocycles. The topological polar surface area (TPSA) is 66.4 Å². The van der Waals surface area contributed by atoms with Gasteiger partial charge < -0.3 is 10.4 Å². The first-order chi connectivity index (χ1) is 10.0. The number of hydrogen-bond acceptors (Lipinski definition) is 2. The van der Waals surface area contributed by atoms with Gasteiger partial charge in [-0.15, -0.1) is 0 Å². The second-order valence-electron chi connectivity index (χ2n) is 5.76. The minimum absolute atomic E-state index is 0.0279. The molecule has 1 unspecified atom stereocenters. The Balaban J connectivity index is 2.00. The maximum absolute atomic E-state index is 12.5. The Morgan fingerprint density at radius 3 is 2.52 bits per heavy atom. The predicted molar refractivity (Wildman–Crippen MR) is 80.8 cm³/mol. The first-order valence-corrected chi connectivity index (χ1v) is 7.28. The fourth-order valence-electron chi connectivity index (χ4n) is 2.71. The molecule has 1 atom stereocenters. The summed E-state index contributed by atoms with van der Waals surface area (Å²) in [4.78, 5) is 23.0. The zero-order valence-corrected chi connectivity index (χ0v) is 12.2. The van der Waals surface area contributed by atoms with Crippen molar-refractivity contribution in [1.29, 1.82) is 0 Å². The summed E-state index contributed by atoms with van der Waals surface area (Å²) in [6, 6.07) is 9.75. The van der Waals surface area contributed by atoms with E-state index in [9.17, 15) is 9.59 Å². The summed E-state index contributed by atoms with van der Waals surface area (Å²) in [5.41, 5.74) is 0.841. The minimum Gasteiger partial charge on any atom is -0.478 e. The van der Waals surface area contributed by atoms with E-state index in [1.807, 2.05) is 30.3 Å². The maximum atomic E-state index is 12.5. The molecule has 1 saturated carbocycles. The predicted octanol–water partition coefficient (Wildman–Crippen LogP) is 2.54. The molecule has 0 spiro atoms. The summed E-state index contributed by atoms with van der Waals surface area (Å²) in [7, 11) is 0. The van der Waals surface area contributed by atoms with E-state index in [1.54, 1.807) is 6.92 Å². The van der Waals surface area contributed by atoms with Gasteiger partial charge in [0.15, 0.2) is 0 Å². The molecule has 1 aliphatic carbocycles. The van der Waals surface area contributed by atoms with E-state index in [4.69, 9.17) is 5.11 Å². The van der Waals surface area contributed by atoms with E-state index in [1.165, 1.54) is 11.6 Å². The lowest BCUT2D eigenvalue weighted by Gasteiger charge is -2.41. The molecule has 0 bridgehead atoms. The number of rotatable bonds is 6. The van der Waals surface area contributed by atoms with E-state index in [0.29, 0.717) is 0 Å². The van der Waals surface area contributed by atoms with Crippen LogP contribution in [0, 0.1) is 5.41 Å². The van der Waals surface area contributed by atoms with Crippen molar-refractivity contribution in [2.45, 2.75) is 38.6 Å². The van der Waals surface area contributed by atoms with Crippen LogP contribution in [0.4, 0.5) is 0 Å². The number of carbonyl (C=O) groups is 2. The third-order valence-electron chi connectivity index (χ3n) is 4.06. The summed E-state index contributed by atoms with van der Waals surface area (Å²) >= 11 is 0. The highest BCUT2D eigenvalue weighted by molar-refractivity contribution is 5.84. The number of hydrogen-bond donors (Lipinski definition) is 2. The Morgan fingerprint density at radius 1 is 1.33 bits per heavy atom. The van der Waals surface area contributed by atoms with E-state index in [2.05, 4.69) is 5.32 Å². The van der Waals surface area contributed by atoms with Crippen molar-refractivity contribution in [2.24, 2.45) is 5.41 Å². The highest BCUT2D eigenvalue weighted by Gasteiger charge is 2.44. The van der Waals surface area contributed by atoms with Crippen molar-refractivity contribution < 1.29 is 14.7 Å². The summed E-state index contributed by atoms with van der Waals surface area (Å²) in [5.74, 6) is -0.973. The minimum atomic E-state index is -1.00. The number of carbonyl (C=O) groups excluding carboxylic acids is 1. The number of amides is 1. The standard InChI is InChI=1S/C17H21NO3/c1-13(8-9-15(19)20)18-16(21)17(10-5-11-17)12-14-6-3-2-4-7-14/h2-4,6-9,13H,5,10-12H2,1H3,(H,18,21)(H,19,20)/b9-8+. The van der Waals surface area contributed by atoms with Gasteiger partial charge in [-0.3, -0.25) is 4.79 Å². The van der Waals surface area contributed by atoms with E-state index in [0.717, 1.165) is 31.8 Å². The molecule has 0 aliphatic heterocycles. The van der Waals surface area contributed by atoms with Gasteiger partial charge in [0, 0.05) is 12.1 Å². The lowest BCUT2D eigenvalue weighted by atomic mass is 9.64. The first-order valence-electron chi connectivity index (χ1n) is 7.28. The third-order valence-corrected chi connectivity index (χ3v) is 4.06. The Bertz CT molecular complexity index is 532. The number of aliphatic carboxylic acids is 1. The largest absolute Gasteiger partial charge is 0.478 e. The van der Waals surface area contributed by atoms with Crippen LogP contribution in [0.15, 0.2) is 42.5 Å². The van der Waals surface area contributed by atoms with Crippen LogP contribution in [0.5, 0.6) is 0 Å². The fourth-order valence-corrected chi connectivity index (χ4v) is 2.71. The zero-order valence-electron chi connectivity index (χ0n) is 12.2. The summed E-state index contributed by atoms with van der Waals surface area (Å²) < 4.78 is 0. The summed E-state index contributed by atoms with van der Waals surface area (Å²) in [6.07, 6.45) is 6.16. The smallest absolute Gasteiger partial charge is 0.328 e. The Morgan fingerprint density at radius 2 is 2.00 bits per heavy atom. The quantitative estimate of drug-likeness (QED) is 0.790. The van der Waals surface area contributed by atoms with Crippen molar-refractivity contribution in [3.8, 4) is 0 Å². The van der Waals surface area contributed by atoms with E-state index >= 15 is 0 Å². The van der Waals surface area contributed by atoms with Crippen LogP contribution in [-0.4, -0.2) is 23.0 Å². The summed E-state index contributed by atoms with van der Waals surface area (Å²) in [6.45, 7) is 1.78. The van der Waals surface area contributed by atoms with Crippen molar-refractivity contribution in [3.63, 3.8) is 0 Å². The number of carboxylic acid groups (broad SMARTS) is 1. The molecular formula is C17H21NO3. The van der Waals surface area contributed by atoms with Crippen molar-refractivity contribution in [1.82, 2.24) is 5.32 Å². The molecule has 112 valence electrons. The summed E-state index contributed by atoms with van der Waals surface area (Å²) in [5, 5.41) is 11.5. The van der Waals surface area contributed by atoms with Crippen LogP contribution in [-0.2, 0) is 16.0 Å². The van der Waals surface area contributed by atoms with Gasteiger partial charge in [0.05, 0.1) is 5.41 Å². The molecule has 2 N–H and O–H groups in total. The van der Waals surface area contributed by atoms with Crippen molar-refractivity contribution >= 4 is 11.9 Å². The molecule has 1 aliphatic rings. The number of carboxylic acids is 1. The Hall–Kier alpha value is -2.10. The second-order valence-corrected chi connectivity index (χ2v) is 5.76. The lowest BCUT2D eigenvalue weighted by Crippen LogP contribution is -2.49. The number of nitrogens with one attached hydrogen (secondary N) is 1. The molecule has 2 rings (SSSR count). The first kappa shape index (κ1) is 15.3. The molecule has 4 heteroatoms. The maximum Gasteiger partial charge on any atom is 0.328 e. The molecule has 0 saturated heterocycles. The van der Waals surface area contributed by atoms with Gasteiger partial charge in [-0.2, -0.15) is 0 Å². The van der Waals surface area contributed by atoms with Crippen LogP contribution in [0.25, 0.3) is 0 Å². The monoisotopic (exact) mass is 287 g/mol. The van der Waals surface area contributed by atoms with Gasteiger partial charge in [-0.25, -0.2) is 4.79 Å². The molecular weight excluding hydrogens is 266 g/mol. The highest BCUT2D eigenvalue weighted by Crippen LogP contribution is 2.44. The Labute approximate surface area is 124 Å². The van der Waals surface area contributed by atoms with Crippen LogP contribution in [0.2, 0.25) is 0 Å². The highest BCUT2D eigenvalue weighted by atomic mass is 16.4. The molecule has 21 heavy (non-hydrogen) atoms. The zero-order chi connectivity index (χ0) is 15.3. The van der Waals surface area contributed by atoms with E-state index < -0.39 is 5.97 Å². The SMILES string of the molecule is CC(/C=C/C(=O)O)NC(=O)C1(Cc2ccccc2)CCC1. The van der Waals surface area contributed by atoms with Crippen LogP contribution in [0.1, 0.15) is 31.7 Å². The third kappa shape index (κ3) is 3.94. The van der Waals surface area contributed by atoms with Gasteiger partial charge in [-0.1, -0.05) is 42.8 Å². The molecule has 0 heterocycles. The van der Waals surface area contributed by atoms with Crippen LogP contribution >= 0.6 is 0 Å². The van der Waals surface area contributed by atoms with Crippen LogP contribution in [0.3, 0.4) is 0 Å². The molecule has 1 aromatic rings. The van der Waals surface area contributed by atoms with Crippen LogP contribution < -0.4 is 5.32 Å². The average Bonchev–Trinajstić information content (AvgIpc) is 2.41. The van der Waals surface area contributed by atoms with Gasteiger partial charge in [0.25, 0.3) is 0 Å².